The second-order valence-electron chi connectivity index (χ2n) is 4.92. The van der Waals surface area contributed by atoms with E-state index in [2.05, 4.69) is 0 Å². The maximum absolute atomic E-state index is 12.7. The highest BCUT2D eigenvalue weighted by Crippen LogP contribution is 2.33. The fraction of sp³-hybridized carbons (Fsp3) is 0.500. The highest BCUT2D eigenvalue weighted by molar-refractivity contribution is 5.31. The van der Waals surface area contributed by atoms with Gasteiger partial charge in [-0.3, -0.25) is 4.90 Å². The summed E-state index contributed by atoms with van der Waals surface area (Å²) in [6, 6.07) is 9.02. The van der Waals surface area contributed by atoms with Gasteiger partial charge in [0.15, 0.2) is 0 Å². The lowest BCUT2D eigenvalue weighted by molar-refractivity contribution is -0.187. The van der Waals surface area contributed by atoms with Crippen LogP contribution in [0.15, 0.2) is 24.3 Å². The molecule has 5 heteroatoms. The Balaban J connectivity index is 1.97. The zero-order valence-electron chi connectivity index (χ0n) is 10.5. The monoisotopic (exact) mass is 268 g/mol. The highest BCUT2D eigenvalue weighted by atomic mass is 19.4. The molecule has 1 aromatic carbocycles. The van der Waals surface area contributed by atoms with Crippen LogP contribution in [0.2, 0.25) is 0 Å². The number of hydrogen-bond donors (Lipinski definition) is 0. The van der Waals surface area contributed by atoms with Gasteiger partial charge in [0.05, 0.1) is 17.6 Å². The third-order valence-electron chi connectivity index (χ3n) is 3.46. The van der Waals surface area contributed by atoms with E-state index in [0.717, 1.165) is 5.56 Å². The number of piperidine rings is 1. The Morgan fingerprint density at radius 3 is 2.53 bits per heavy atom. The maximum atomic E-state index is 12.7. The molecule has 0 saturated carbocycles. The van der Waals surface area contributed by atoms with Gasteiger partial charge in [-0.05, 0) is 37.1 Å². The van der Waals surface area contributed by atoms with Crippen LogP contribution >= 0.6 is 0 Å². The molecule has 1 aliphatic heterocycles. The molecule has 0 N–H and O–H groups in total. The maximum Gasteiger partial charge on any atom is 0.393 e. The molecule has 1 fully saturated rings. The number of likely N-dealkylation sites (tertiary alicyclic amines) is 1. The Bertz CT molecular complexity index is 459. The lowest BCUT2D eigenvalue weighted by atomic mass is 9.97. The smallest absolute Gasteiger partial charge is 0.298 e. The summed E-state index contributed by atoms with van der Waals surface area (Å²) in [5, 5.41) is 8.69. The van der Waals surface area contributed by atoms with E-state index in [0.29, 0.717) is 25.1 Å². The Labute approximate surface area is 110 Å². The van der Waals surface area contributed by atoms with Crippen LogP contribution in [0.4, 0.5) is 13.2 Å². The molecule has 0 aliphatic carbocycles. The lowest BCUT2D eigenvalue weighted by Gasteiger charge is -2.33. The molecule has 2 rings (SSSR count). The number of nitrogens with zero attached hydrogens (tertiary/aromatic N) is 2. The molecule has 102 valence electrons. The first-order chi connectivity index (χ1) is 8.99. The first-order valence-electron chi connectivity index (χ1n) is 6.27. The second-order valence-corrected chi connectivity index (χ2v) is 4.92. The van der Waals surface area contributed by atoms with E-state index in [9.17, 15) is 13.2 Å². The predicted molar refractivity (Wildman–Crippen MR) is 65.2 cm³/mol. The quantitative estimate of drug-likeness (QED) is 0.822. The molecule has 0 aromatic heterocycles. The van der Waals surface area contributed by atoms with E-state index in [1.165, 1.54) is 0 Å². The Kier molecular flexibility index (Phi) is 4.11. The number of hydrogen-bond acceptors (Lipinski definition) is 2. The first-order valence-corrected chi connectivity index (χ1v) is 6.27. The highest BCUT2D eigenvalue weighted by Gasteiger charge is 2.41. The zero-order valence-corrected chi connectivity index (χ0v) is 10.5. The van der Waals surface area contributed by atoms with Gasteiger partial charge in [-0.15, -0.1) is 0 Å². The lowest BCUT2D eigenvalue weighted by Crippen LogP contribution is -2.41. The topological polar surface area (TPSA) is 27.0 Å². The summed E-state index contributed by atoms with van der Waals surface area (Å²) < 4.78 is 38.1. The summed E-state index contributed by atoms with van der Waals surface area (Å²) >= 11 is 0. The molecule has 0 radical (unpaired) electrons. The van der Waals surface area contributed by atoms with Crippen molar-refractivity contribution < 1.29 is 13.2 Å². The van der Waals surface area contributed by atoms with E-state index in [-0.39, 0.29) is 13.0 Å². The van der Waals surface area contributed by atoms with Crippen LogP contribution < -0.4 is 0 Å². The molecule has 1 saturated heterocycles. The van der Waals surface area contributed by atoms with Crippen LogP contribution in [-0.4, -0.2) is 24.2 Å². The molecular formula is C14H15F3N2. The minimum atomic E-state index is -4.09. The summed E-state index contributed by atoms with van der Waals surface area (Å²) in [7, 11) is 0. The van der Waals surface area contributed by atoms with Crippen molar-refractivity contribution in [3.63, 3.8) is 0 Å². The summed E-state index contributed by atoms with van der Waals surface area (Å²) in [6.07, 6.45) is -3.28. The molecule has 0 amide bonds. The summed E-state index contributed by atoms with van der Waals surface area (Å²) in [5.41, 5.74) is 1.51. The fourth-order valence-corrected chi connectivity index (χ4v) is 2.41. The third kappa shape index (κ3) is 3.71. The van der Waals surface area contributed by atoms with Gasteiger partial charge < -0.3 is 0 Å². The van der Waals surface area contributed by atoms with Crippen LogP contribution in [0.3, 0.4) is 0 Å². The molecule has 1 heterocycles. The molecule has 1 unspecified atom stereocenters. The van der Waals surface area contributed by atoms with Gasteiger partial charge in [-0.2, -0.15) is 18.4 Å². The van der Waals surface area contributed by atoms with Gasteiger partial charge in [0.1, 0.15) is 0 Å². The molecular weight excluding hydrogens is 253 g/mol. The SMILES string of the molecule is N#Cc1ccc(CN2CCCC(C(F)(F)F)C2)cc1. The standard InChI is InChI=1S/C14H15F3N2/c15-14(16,17)13-2-1-7-19(10-13)9-12-5-3-11(8-18)4-6-12/h3-6,13H,1-2,7,9-10H2. The van der Waals surface area contributed by atoms with Crippen LogP contribution in [0.1, 0.15) is 24.0 Å². The van der Waals surface area contributed by atoms with Crippen molar-refractivity contribution >= 4 is 0 Å². The van der Waals surface area contributed by atoms with Crippen molar-refractivity contribution in [2.75, 3.05) is 13.1 Å². The molecule has 2 nitrogen and oxygen atoms in total. The number of rotatable bonds is 2. The molecule has 1 aliphatic rings. The molecule has 0 bridgehead atoms. The van der Waals surface area contributed by atoms with Gasteiger partial charge in [0.25, 0.3) is 0 Å². The zero-order chi connectivity index (χ0) is 13.9. The van der Waals surface area contributed by atoms with Crippen molar-refractivity contribution in [1.29, 1.82) is 5.26 Å². The Hall–Kier alpha value is -1.54. The largest absolute Gasteiger partial charge is 0.393 e. The minimum Gasteiger partial charge on any atom is -0.298 e. The summed E-state index contributed by atoms with van der Waals surface area (Å²) in [4.78, 5) is 1.84. The second kappa shape index (κ2) is 5.62. The summed E-state index contributed by atoms with van der Waals surface area (Å²) in [6.45, 7) is 1.29. The number of nitriles is 1. The average molecular weight is 268 g/mol. The van der Waals surface area contributed by atoms with E-state index < -0.39 is 12.1 Å². The summed E-state index contributed by atoms with van der Waals surface area (Å²) in [5.74, 6) is -1.21. The van der Waals surface area contributed by atoms with Gasteiger partial charge >= 0.3 is 6.18 Å². The van der Waals surface area contributed by atoms with Crippen LogP contribution in [0.25, 0.3) is 0 Å². The number of benzene rings is 1. The third-order valence-corrected chi connectivity index (χ3v) is 3.46. The van der Waals surface area contributed by atoms with Crippen molar-refractivity contribution in [1.82, 2.24) is 4.90 Å². The Morgan fingerprint density at radius 2 is 1.95 bits per heavy atom. The molecule has 1 atom stereocenters. The number of halogens is 3. The van der Waals surface area contributed by atoms with E-state index in [1.807, 2.05) is 11.0 Å². The minimum absolute atomic E-state index is 0.0729. The molecule has 19 heavy (non-hydrogen) atoms. The van der Waals surface area contributed by atoms with E-state index in [4.69, 9.17) is 5.26 Å². The normalized spacial score (nSPS) is 21.1. The van der Waals surface area contributed by atoms with Gasteiger partial charge in [-0.25, -0.2) is 0 Å². The van der Waals surface area contributed by atoms with Gasteiger partial charge in [0, 0.05) is 13.1 Å². The average Bonchev–Trinajstić information content (AvgIpc) is 2.39. The van der Waals surface area contributed by atoms with Gasteiger partial charge in [-0.1, -0.05) is 12.1 Å². The molecule has 1 aromatic rings. The van der Waals surface area contributed by atoms with E-state index in [1.54, 1.807) is 24.3 Å². The van der Waals surface area contributed by atoms with Crippen molar-refractivity contribution in [3.8, 4) is 6.07 Å². The number of alkyl halides is 3. The molecule has 0 spiro atoms. The van der Waals surface area contributed by atoms with E-state index >= 15 is 0 Å². The first kappa shape index (κ1) is 13.9. The van der Waals surface area contributed by atoms with Crippen molar-refractivity contribution in [3.05, 3.63) is 35.4 Å². The predicted octanol–water partition coefficient (Wildman–Crippen LogP) is 3.33. The van der Waals surface area contributed by atoms with Crippen LogP contribution in [0.5, 0.6) is 0 Å². The van der Waals surface area contributed by atoms with Crippen LogP contribution in [-0.2, 0) is 6.54 Å². The van der Waals surface area contributed by atoms with Crippen LogP contribution in [0, 0.1) is 17.2 Å². The Morgan fingerprint density at radius 1 is 1.26 bits per heavy atom. The van der Waals surface area contributed by atoms with Crippen molar-refractivity contribution in [2.24, 2.45) is 5.92 Å². The van der Waals surface area contributed by atoms with Crippen molar-refractivity contribution in [2.45, 2.75) is 25.6 Å². The van der Waals surface area contributed by atoms with Gasteiger partial charge in [0.2, 0.25) is 0 Å². The fourth-order valence-electron chi connectivity index (χ4n) is 2.41.